The lowest BCUT2D eigenvalue weighted by atomic mass is 10.1. The number of aryl methyl sites for hydroxylation is 4. The largest absolute Gasteiger partial charge is 0.483 e. The van der Waals surface area contributed by atoms with E-state index < -0.39 is 10.0 Å². The van der Waals surface area contributed by atoms with Gasteiger partial charge in [0.05, 0.1) is 4.90 Å². The maximum atomic E-state index is 12.7. The summed E-state index contributed by atoms with van der Waals surface area (Å²) in [7, 11) is -3.73. The molecule has 0 spiro atoms. The number of para-hydroxylation sites is 1. The normalized spacial score (nSPS) is 11.1. The lowest BCUT2D eigenvalue weighted by Gasteiger charge is -2.14. The van der Waals surface area contributed by atoms with Gasteiger partial charge in [-0.1, -0.05) is 35.9 Å². The van der Waals surface area contributed by atoms with E-state index in [9.17, 15) is 13.2 Å². The highest BCUT2D eigenvalue weighted by Crippen LogP contribution is 2.24. The topological polar surface area (TPSA) is 84.5 Å². The molecule has 0 aliphatic carbocycles. The second kappa shape index (κ2) is 9.22. The Balaban J connectivity index is 1.66. The summed E-state index contributed by atoms with van der Waals surface area (Å²) in [6, 6.07) is 17.4. The van der Waals surface area contributed by atoms with Crippen molar-refractivity contribution < 1.29 is 17.9 Å². The number of ether oxygens (including phenoxy) is 1. The second-order valence-electron chi connectivity index (χ2n) is 7.50. The van der Waals surface area contributed by atoms with Crippen LogP contribution in [0.4, 0.5) is 11.4 Å². The van der Waals surface area contributed by atoms with Gasteiger partial charge < -0.3 is 10.1 Å². The number of anilines is 2. The summed E-state index contributed by atoms with van der Waals surface area (Å²) in [4.78, 5) is 12.4. The minimum absolute atomic E-state index is 0.123. The summed E-state index contributed by atoms with van der Waals surface area (Å²) in [6.45, 7) is 7.35. The van der Waals surface area contributed by atoms with E-state index in [2.05, 4.69) is 10.0 Å². The Kier molecular flexibility index (Phi) is 6.65. The number of hydrogen-bond donors (Lipinski definition) is 2. The first-order valence-electron chi connectivity index (χ1n) is 9.85. The average molecular weight is 439 g/mol. The first kappa shape index (κ1) is 22.4. The maximum Gasteiger partial charge on any atom is 0.262 e. The SMILES string of the molecule is Cc1ccc(NS(=O)(=O)c2ccc(OCC(=O)Nc3c(C)cccc3C)c(C)c2)cc1. The smallest absolute Gasteiger partial charge is 0.262 e. The lowest BCUT2D eigenvalue weighted by Crippen LogP contribution is -2.21. The van der Waals surface area contributed by atoms with Crippen LogP contribution in [0.3, 0.4) is 0 Å². The zero-order chi connectivity index (χ0) is 22.6. The Bertz CT molecular complexity index is 1180. The number of rotatable bonds is 7. The lowest BCUT2D eigenvalue weighted by molar-refractivity contribution is -0.118. The molecule has 3 aromatic carbocycles. The number of amides is 1. The Hall–Kier alpha value is -3.32. The fourth-order valence-corrected chi connectivity index (χ4v) is 4.26. The molecule has 0 heterocycles. The fourth-order valence-electron chi connectivity index (χ4n) is 3.12. The Morgan fingerprint density at radius 1 is 0.871 bits per heavy atom. The first-order chi connectivity index (χ1) is 14.7. The van der Waals surface area contributed by atoms with Crippen LogP contribution in [-0.2, 0) is 14.8 Å². The predicted octanol–water partition coefficient (Wildman–Crippen LogP) is 4.74. The van der Waals surface area contributed by atoms with Gasteiger partial charge in [-0.3, -0.25) is 9.52 Å². The molecule has 2 N–H and O–H groups in total. The summed E-state index contributed by atoms with van der Waals surface area (Å²) in [5, 5.41) is 2.87. The van der Waals surface area contributed by atoms with Gasteiger partial charge in [0, 0.05) is 11.4 Å². The van der Waals surface area contributed by atoms with Crippen LogP contribution in [0.1, 0.15) is 22.3 Å². The molecule has 3 rings (SSSR count). The van der Waals surface area contributed by atoms with Gasteiger partial charge in [0.1, 0.15) is 5.75 Å². The first-order valence-corrected chi connectivity index (χ1v) is 11.3. The third-order valence-electron chi connectivity index (χ3n) is 4.86. The van der Waals surface area contributed by atoms with Crippen LogP contribution in [0.5, 0.6) is 5.75 Å². The molecule has 0 aliphatic heterocycles. The van der Waals surface area contributed by atoms with Crippen molar-refractivity contribution in [3.8, 4) is 5.75 Å². The Labute approximate surface area is 183 Å². The number of nitrogens with one attached hydrogen (secondary N) is 2. The van der Waals surface area contributed by atoms with E-state index in [0.29, 0.717) is 17.0 Å². The highest BCUT2D eigenvalue weighted by atomic mass is 32.2. The number of carbonyl (C=O) groups is 1. The molecule has 0 unspecified atom stereocenters. The predicted molar refractivity (Wildman–Crippen MR) is 123 cm³/mol. The van der Waals surface area contributed by atoms with E-state index in [-0.39, 0.29) is 17.4 Å². The summed E-state index contributed by atoms with van der Waals surface area (Å²) in [5.41, 5.74) is 4.87. The number of carbonyl (C=O) groups excluding carboxylic acids is 1. The minimum atomic E-state index is -3.73. The van der Waals surface area contributed by atoms with Crippen molar-refractivity contribution in [3.63, 3.8) is 0 Å². The highest BCUT2D eigenvalue weighted by molar-refractivity contribution is 7.92. The van der Waals surface area contributed by atoms with E-state index in [1.807, 2.05) is 51.1 Å². The Morgan fingerprint density at radius 3 is 2.13 bits per heavy atom. The fraction of sp³-hybridized carbons (Fsp3) is 0.208. The molecule has 0 saturated heterocycles. The van der Waals surface area contributed by atoms with Crippen molar-refractivity contribution in [2.24, 2.45) is 0 Å². The minimum Gasteiger partial charge on any atom is -0.483 e. The molecule has 0 aliphatic rings. The zero-order valence-electron chi connectivity index (χ0n) is 18.0. The van der Waals surface area contributed by atoms with E-state index in [4.69, 9.17) is 4.74 Å². The molecular weight excluding hydrogens is 412 g/mol. The van der Waals surface area contributed by atoms with Crippen LogP contribution in [0.25, 0.3) is 0 Å². The van der Waals surface area contributed by atoms with Gasteiger partial charge in [0.25, 0.3) is 15.9 Å². The molecule has 0 fully saturated rings. The summed E-state index contributed by atoms with van der Waals surface area (Å²) >= 11 is 0. The Morgan fingerprint density at radius 2 is 1.52 bits per heavy atom. The molecule has 31 heavy (non-hydrogen) atoms. The van der Waals surface area contributed by atoms with Crippen molar-refractivity contribution in [2.45, 2.75) is 32.6 Å². The molecule has 162 valence electrons. The van der Waals surface area contributed by atoms with Gasteiger partial charge in [-0.05, 0) is 74.7 Å². The van der Waals surface area contributed by atoms with Gasteiger partial charge in [-0.2, -0.15) is 0 Å². The van der Waals surface area contributed by atoms with Gasteiger partial charge >= 0.3 is 0 Å². The van der Waals surface area contributed by atoms with E-state index >= 15 is 0 Å². The molecule has 0 bridgehead atoms. The van der Waals surface area contributed by atoms with Gasteiger partial charge in [-0.15, -0.1) is 0 Å². The molecule has 0 atom stereocenters. The third-order valence-corrected chi connectivity index (χ3v) is 6.24. The van der Waals surface area contributed by atoms with Gasteiger partial charge in [0.15, 0.2) is 6.61 Å². The van der Waals surface area contributed by atoms with Crippen LogP contribution in [0.15, 0.2) is 65.6 Å². The summed E-state index contributed by atoms with van der Waals surface area (Å²) < 4.78 is 33.5. The van der Waals surface area contributed by atoms with Crippen molar-refractivity contribution in [2.75, 3.05) is 16.6 Å². The van der Waals surface area contributed by atoms with Crippen molar-refractivity contribution >= 4 is 27.3 Å². The van der Waals surface area contributed by atoms with Crippen LogP contribution in [0, 0.1) is 27.7 Å². The van der Waals surface area contributed by atoms with E-state index in [1.54, 1.807) is 25.1 Å². The van der Waals surface area contributed by atoms with Crippen molar-refractivity contribution in [3.05, 3.63) is 82.9 Å². The van der Waals surface area contributed by atoms with Crippen molar-refractivity contribution in [1.82, 2.24) is 0 Å². The molecule has 1 amide bonds. The van der Waals surface area contributed by atoms with Crippen LogP contribution < -0.4 is 14.8 Å². The van der Waals surface area contributed by atoms with E-state index in [1.165, 1.54) is 12.1 Å². The molecule has 3 aromatic rings. The van der Waals surface area contributed by atoms with Gasteiger partial charge in [0.2, 0.25) is 0 Å². The molecule has 0 saturated carbocycles. The summed E-state index contributed by atoms with van der Waals surface area (Å²) in [6.07, 6.45) is 0. The molecule has 7 heteroatoms. The maximum absolute atomic E-state index is 12.7. The van der Waals surface area contributed by atoms with Crippen LogP contribution >= 0.6 is 0 Å². The standard InChI is InChI=1S/C24H26N2O4S/c1-16-8-10-20(11-9-16)26-31(28,29)21-12-13-22(19(4)14-21)30-15-23(27)25-24-17(2)6-5-7-18(24)3/h5-14,26H,15H2,1-4H3,(H,25,27). The second-order valence-corrected chi connectivity index (χ2v) is 9.18. The quantitative estimate of drug-likeness (QED) is 0.558. The van der Waals surface area contributed by atoms with Crippen molar-refractivity contribution in [1.29, 1.82) is 0 Å². The third kappa shape index (κ3) is 5.64. The number of benzene rings is 3. The van der Waals surface area contributed by atoms with Crippen LogP contribution in [-0.4, -0.2) is 20.9 Å². The number of sulfonamides is 1. The summed E-state index contributed by atoms with van der Waals surface area (Å²) in [5.74, 6) is 0.167. The van der Waals surface area contributed by atoms with Gasteiger partial charge in [-0.25, -0.2) is 8.42 Å². The molecular formula is C24H26N2O4S. The molecule has 6 nitrogen and oxygen atoms in total. The highest BCUT2D eigenvalue weighted by Gasteiger charge is 2.16. The van der Waals surface area contributed by atoms with E-state index in [0.717, 1.165) is 22.4 Å². The zero-order valence-corrected chi connectivity index (χ0v) is 18.8. The average Bonchev–Trinajstić information content (AvgIpc) is 2.71. The number of hydrogen-bond acceptors (Lipinski definition) is 4. The monoisotopic (exact) mass is 438 g/mol. The molecule has 0 radical (unpaired) electrons. The van der Waals surface area contributed by atoms with Crippen LogP contribution in [0.2, 0.25) is 0 Å². The molecule has 0 aromatic heterocycles.